The number of rotatable bonds is 4. The van der Waals surface area contributed by atoms with Crippen molar-refractivity contribution >= 4 is 5.82 Å². The molecule has 3 atom stereocenters. The lowest BCUT2D eigenvalue weighted by Gasteiger charge is -2.34. The van der Waals surface area contributed by atoms with Crippen molar-refractivity contribution in [2.75, 3.05) is 18.0 Å². The van der Waals surface area contributed by atoms with Gasteiger partial charge in [-0.3, -0.25) is 4.68 Å². The highest BCUT2D eigenvalue weighted by atomic mass is 16.5. The van der Waals surface area contributed by atoms with Crippen LogP contribution >= 0.6 is 0 Å². The summed E-state index contributed by atoms with van der Waals surface area (Å²) in [5, 5.41) is 4.62. The molecule has 1 aromatic heterocycles. The van der Waals surface area contributed by atoms with Crippen LogP contribution < -0.4 is 10.6 Å². The molecule has 3 unspecified atom stereocenters. The molecule has 3 rings (SSSR count). The zero-order valence-corrected chi connectivity index (χ0v) is 12.8. The molecule has 2 fully saturated rings. The lowest BCUT2D eigenvalue weighted by Crippen LogP contribution is -2.44. The lowest BCUT2D eigenvalue weighted by atomic mass is 10.0. The average molecular weight is 278 g/mol. The number of aromatic nitrogens is 2. The maximum atomic E-state index is 6.17. The zero-order chi connectivity index (χ0) is 14.3. The van der Waals surface area contributed by atoms with Crippen molar-refractivity contribution in [3.05, 3.63) is 11.3 Å². The van der Waals surface area contributed by atoms with Crippen LogP contribution in [0, 0.1) is 6.92 Å². The Morgan fingerprint density at radius 1 is 1.35 bits per heavy atom. The van der Waals surface area contributed by atoms with Crippen LogP contribution in [0.5, 0.6) is 0 Å². The van der Waals surface area contributed by atoms with Crippen molar-refractivity contribution in [2.24, 2.45) is 12.8 Å². The molecule has 5 heteroatoms. The number of anilines is 1. The SMILES string of the molecule is CCC(N)Cc1c(C)nn(C)c1N1CC2CCC(C1)O2. The molecule has 0 spiro atoms. The number of morpholine rings is 1. The highest BCUT2D eigenvalue weighted by Gasteiger charge is 2.35. The van der Waals surface area contributed by atoms with Gasteiger partial charge in [-0.05, 0) is 32.6 Å². The van der Waals surface area contributed by atoms with Crippen molar-refractivity contribution < 1.29 is 4.74 Å². The van der Waals surface area contributed by atoms with Crippen LogP contribution in [0.25, 0.3) is 0 Å². The largest absolute Gasteiger partial charge is 0.371 e. The van der Waals surface area contributed by atoms with Gasteiger partial charge >= 0.3 is 0 Å². The van der Waals surface area contributed by atoms with Crippen LogP contribution in [-0.4, -0.2) is 41.1 Å². The summed E-state index contributed by atoms with van der Waals surface area (Å²) in [7, 11) is 2.04. The zero-order valence-electron chi connectivity index (χ0n) is 12.8. The van der Waals surface area contributed by atoms with Crippen LogP contribution in [0.4, 0.5) is 5.82 Å². The third kappa shape index (κ3) is 2.44. The highest BCUT2D eigenvalue weighted by Crippen LogP contribution is 2.32. The van der Waals surface area contributed by atoms with Crippen molar-refractivity contribution in [3.63, 3.8) is 0 Å². The Labute approximate surface area is 121 Å². The summed E-state index contributed by atoms with van der Waals surface area (Å²) in [6.45, 7) is 6.22. The fourth-order valence-electron chi connectivity index (χ4n) is 3.52. The fraction of sp³-hybridized carbons (Fsp3) is 0.800. The Morgan fingerprint density at radius 2 is 2.00 bits per heavy atom. The number of aryl methyl sites for hydroxylation is 2. The molecular formula is C15H26N4O. The summed E-state index contributed by atoms with van der Waals surface area (Å²) in [6, 6.07) is 0.217. The maximum absolute atomic E-state index is 6.17. The Balaban J connectivity index is 1.88. The van der Waals surface area contributed by atoms with Crippen molar-refractivity contribution in [2.45, 2.75) is 57.8 Å². The van der Waals surface area contributed by atoms with Gasteiger partial charge in [-0.15, -0.1) is 0 Å². The number of nitrogens with two attached hydrogens (primary N) is 1. The van der Waals surface area contributed by atoms with Crippen LogP contribution in [-0.2, 0) is 18.2 Å². The summed E-state index contributed by atoms with van der Waals surface area (Å²) in [6.07, 6.45) is 5.11. The molecule has 2 saturated heterocycles. The van der Waals surface area contributed by atoms with Crippen LogP contribution in [0.15, 0.2) is 0 Å². The van der Waals surface area contributed by atoms with Crippen molar-refractivity contribution in [1.29, 1.82) is 0 Å². The van der Waals surface area contributed by atoms with E-state index in [4.69, 9.17) is 10.5 Å². The Hall–Kier alpha value is -1.07. The Kier molecular flexibility index (Phi) is 3.73. The van der Waals surface area contributed by atoms with Gasteiger partial charge in [-0.1, -0.05) is 6.92 Å². The Morgan fingerprint density at radius 3 is 2.60 bits per heavy atom. The summed E-state index contributed by atoms with van der Waals surface area (Å²) in [5.41, 5.74) is 8.61. The first kappa shape index (κ1) is 13.9. The molecule has 2 N–H and O–H groups in total. The summed E-state index contributed by atoms with van der Waals surface area (Å²) in [5.74, 6) is 1.26. The molecule has 2 aliphatic rings. The second kappa shape index (κ2) is 5.37. The monoisotopic (exact) mass is 278 g/mol. The molecule has 0 amide bonds. The maximum Gasteiger partial charge on any atom is 0.130 e. The average Bonchev–Trinajstić information content (AvgIpc) is 2.89. The van der Waals surface area contributed by atoms with Crippen LogP contribution in [0.1, 0.15) is 37.4 Å². The summed E-state index contributed by atoms with van der Waals surface area (Å²) >= 11 is 0. The van der Waals surface area contributed by atoms with Crippen molar-refractivity contribution in [1.82, 2.24) is 9.78 Å². The quantitative estimate of drug-likeness (QED) is 0.904. The van der Waals surface area contributed by atoms with E-state index in [1.54, 1.807) is 0 Å². The smallest absolute Gasteiger partial charge is 0.130 e. The van der Waals surface area contributed by atoms with Gasteiger partial charge in [0.05, 0.1) is 17.9 Å². The van der Waals surface area contributed by atoms with Gasteiger partial charge in [0.15, 0.2) is 0 Å². The minimum Gasteiger partial charge on any atom is -0.371 e. The van der Waals surface area contributed by atoms with E-state index >= 15 is 0 Å². The van der Waals surface area contributed by atoms with E-state index in [1.807, 2.05) is 11.7 Å². The fourth-order valence-corrected chi connectivity index (χ4v) is 3.52. The second-order valence-electron chi connectivity index (χ2n) is 6.25. The summed E-state index contributed by atoms with van der Waals surface area (Å²) in [4.78, 5) is 2.46. The van der Waals surface area contributed by atoms with Crippen LogP contribution in [0.3, 0.4) is 0 Å². The third-order valence-corrected chi connectivity index (χ3v) is 4.65. The molecule has 5 nitrogen and oxygen atoms in total. The molecule has 0 aromatic carbocycles. The van der Waals surface area contributed by atoms with E-state index in [0.717, 1.165) is 31.6 Å². The Bertz CT molecular complexity index is 472. The minimum atomic E-state index is 0.217. The second-order valence-corrected chi connectivity index (χ2v) is 6.25. The molecule has 20 heavy (non-hydrogen) atoms. The third-order valence-electron chi connectivity index (χ3n) is 4.65. The molecule has 0 saturated carbocycles. The van der Waals surface area contributed by atoms with Gasteiger partial charge in [0, 0.05) is 31.7 Å². The first-order chi connectivity index (χ1) is 9.58. The van der Waals surface area contributed by atoms with E-state index in [9.17, 15) is 0 Å². The van der Waals surface area contributed by atoms with Gasteiger partial charge in [-0.2, -0.15) is 5.10 Å². The number of ether oxygens (including phenoxy) is 1. The van der Waals surface area contributed by atoms with Gasteiger partial charge in [0.25, 0.3) is 0 Å². The van der Waals surface area contributed by atoms with Gasteiger partial charge in [0.2, 0.25) is 0 Å². The van der Waals surface area contributed by atoms with E-state index in [0.29, 0.717) is 12.2 Å². The van der Waals surface area contributed by atoms with E-state index in [-0.39, 0.29) is 6.04 Å². The van der Waals surface area contributed by atoms with E-state index < -0.39 is 0 Å². The predicted octanol–water partition coefficient (Wildman–Crippen LogP) is 1.38. The van der Waals surface area contributed by atoms with Crippen molar-refractivity contribution in [3.8, 4) is 0 Å². The standard InChI is InChI=1S/C15H26N4O/c1-4-11(16)7-14-10(2)17-18(3)15(14)19-8-12-5-6-13(9-19)20-12/h11-13H,4-9,16H2,1-3H3. The molecular weight excluding hydrogens is 252 g/mol. The first-order valence-electron chi connectivity index (χ1n) is 7.77. The molecule has 2 aliphatic heterocycles. The van der Waals surface area contributed by atoms with Gasteiger partial charge in [0.1, 0.15) is 5.82 Å². The van der Waals surface area contributed by atoms with E-state index in [2.05, 4.69) is 23.8 Å². The molecule has 3 heterocycles. The summed E-state index contributed by atoms with van der Waals surface area (Å²) < 4.78 is 7.97. The number of fused-ring (bicyclic) bond motifs is 2. The van der Waals surface area contributed by atoms with Crippen LogP contribution in [0.2, 0.25) is 0 Å². The number of hydrogen-bond acceptors (Lipinski definition) is 4. The van der Waals surface area contributed by atoms with Gasteiger partial charge in [-0.25, -0.2) is 0 Å². The highest BCUT2D eigenvalue weighted by molar-refractivity contribution is 5.51. The number of nitrogens with zero attached hydrogens (tertiary/aromatic N) is 3. The predicted molar refractivity (Wildman–Crippen MR) is 80.0 cm³/mol. The minimum absolute atomic E-state index is 0.217. The first-order valence-corrected chi connectivity index (χ1v) is 7.77. The lowest BCUT2D eigenvalue weighted by molar-refractivity contribution is 0.0299. The van der Waals surface area contributed by atoms with Gasteiger partial charge < -0.3 is 15.4 Å². The normalized spacial score (nSPS) is 27.1. The topological polar surface area (TPSA) is 56.3 Å². The molecule has 0 aliphatic carbocycles. The van der Waals surface area contributed by atoms with E-state index in [1.165, 1.54) is 24.2 Å². The molecule has 1 aromatic rings. The molecule has 0 radical (unpaired) electrons. The molecule has 2 bridgehead atoms. The molecule has 112 valence electrons. The number of hydrogen-bond donors (Lipinski definition) is 1.